The van der Waals surface area contributed by atoms with Crippen LogP contribution in [0.4, 0.5) is 0 Å². The lowest BCUT2D eigenvalue weighted by atomic mass is 9.90. The van der Waals surface area contributed by atoms with Crippen molar-refractivity contribution < 1.29 is 17.9 Å². The van der Waals surface area contributed by atoms with Crippen LogP contribution in [0.2, 0.25) is 10.0 Å². The molecule has 3 aromatic rings. The normalized spacial score (nSPS) is 21.2. The van der Waals surface area contributed by atoms with Gasteiger partial charge in [-0.2, -0.15) is 0 Å². The molecule has 0 bridgehead atoms. The Morgan fingerprint density at radius 2 is 1.69 bits per heavy atom. The number of sulfonamides is 1. The van der Waals surface area contributed by atoms with Crippen LogP contribution in [0.25, 0.3) is 0 Å². The summed E-state index contributed by atoms with van der Waals surface area (Å²) < 4.78 is 34.5. The third kappa shape index (κ3) is 3.71. The van der Waals surface area contributed by atoms with E-state index in [1.54, 1.807) is 67.6 Å². The van der Waals surface area contributed by atoms with Crippen LogP contribution in [0.3, 0.4) is 0 Å². The number of carbonyl (C=O) groups excluding carboxylic acids is 1. The molecule has 32 heavy (non-hydrogen) atoms. The molecule has 0 aromatic heterocycles. The SMILES string of the molecule is CC[C@@]1(c2cccc(Cl)c2)O[C@H](c2ccccc2Cl)N(S(=O)(=O)c2ccc(C)cc2)C1=O. The number of rotatable bonds is 5. The van der Waals surface area contributed by atoms with Crippen LogP contribution in [0.5, 0.6) is 0 Å². The predicted molar refractivity (Wildman–Crippen MR) is 124 cm³/mol. The number of halogens is 2. The van der Waals surface area contributed by atoms with Gasteiger partial charge in [-0.25, -0.2) is 12.7 Å². The van der Waals surface area contributed by atoms with Gasteiger partial charge in [0.05, 0.1) is 4.90 Å². The van der Waals surface area contributed by atoms with Crippen molar-refractivity contribution in [2.24, 2.45) is 0 Å². The minimum Gasteiger partial charge on any atom is -0.332 e. The van der Waals surface area contributed by atoms with Crippen molar-refractivity contribution in [3.63, 3.8) is 0 Å². The topological polar surface area (TPSA) is 63.7 Å². The fraction of sp³-hybridized carbons (Fsp3) is 0.208. The molecule has 1 aliphatic rings. The van der Waals surface area contributed by atoms with E-state index in [0.717, 1.165) is 9.87 Å². The van der Waals surface area contributed by atoms with E-state index in [1.807, 2.05) is 6.92 Å². The lowest BCUT2D eigenvalue weighted by Crippen LogP contribution is -2.41. The highest BCUT2D eigenvalue weighted by Crippen LogP contribution is 2.49. The summed E-state index contributed by atoms with van der Waals surface area (Å²) in [5.74, 6) is -0.687. The zero-order chi connectivity index (χ0) is 23.1. The Bertz CT molecular complexity index is 1280. The van der Waals surface area contributed by atoms with E-state index >= 15 is 0 Å². The summed E-state index contributed by atoms with van der Waals surface area (Å²) in [6, 6.07) is 19.8. The summed E-state index contributed by atoms with van der Waals surface area (Å²) in [6.07, 6.45) is -1.03. The monoisotopic (exact) mass is 489 g/mol. The molecular formula is C24H21Cl2NO4S. The molecule has 3 aromatic carbocycles. The summed E-state index contributed by atoms with van der Waals surface area (Å²) in [4.78, 5) is 13.9. The van der Waals surface area contributed by atoms with Crippen LogP contribution >= 0.6 is 23.2 Å². The van der Waals surface area contributed by atoms with E-state index in [9.17, 15) is 13.2 Å². The van der Waals surface area contributed by atoms with Crippen molar-refractivity contribution in [3.8, 4) is 0 Å². The maximum atomic E-state index is 13.9. The largest absolute Gasteiger partial charge is 0.332 e. The Labute approximate surface area is 197 Å². The van der Waals surface area contributed by atoms with Gasteiger partial charge in [0.15, 0.2) is 11.8 Å². The molecule has 166 valence electrons. The van der Waals surface area contributed by atoms with Crippen molar-refractivity contribution >= 4 is 39.1 Å². The van der Waals surface area contributed by atoms with Crippen molar-refractivity contribution in [1.82, 2.24) is 4.31 Å². The lowest BCUT2D eigenvalue weighted by Gasteiger charge is -2.25. The molecule has 0 unspecified atom stereocenters. The maximum Gasteiger partial charge on any atom is 0.275 e. The highest BCUT2D eigenvalue weighted by atomic mass is 35.5. The van der Waals surface area contributed by atoms with Crippen molar-refractivity contribution in [2.75, 3.05) is 0 Å². The van der Waals surface area contributed by atoms with Crippen LogP contribution in [-0.4, -0.2) is 18.6 Å². The highest BCUT2D eigenvalue weighted by Gasteiger charge is 2.58. The van der Waals surface area contributed by atoms with Crippen LogP contribution in [0, 0.1) is 6.92 Å². The molecule has 0 radical (unpaired) electrons. The van der Waals surface area contributed by atoms with Gasteiger partial charge in [-0.15, -0.1) is 0 Å². The zero-order valence-corrected chi connectivity index (χ0v) is 19.8. The van der Waals surface area contributed by atoms with Gasteiger partial charge in [0.2, 0.25) is 0 Å². The number of benzene rings is 3. The van der Waals surface area contributed by atoms with Crippen LogP contribution in [0.1, 0.15) is 36.3 Å². The summed E-state index contributed by atoms with van der Waals surface area (Å²) in [5.41, 5.74) is 0.233. The van der Waals surface area contributed by atoms with Gasteiger partial charge in [0, 0.05) is 15.6 Å². The second-order valence-corrected chi connectivity index (χ2v) is 10.3. The first kappa shape index (κ1) is 22.8. The van der Waals surface area contributed by atoms with Crippen molar-refractivity contribution in [3.05, 3.63) is 99.5 Å². The third-order valence-electron chi connectivity index (χ3n) is 5.61. The molecule has 1 aliphatic heterocycles. The van der Waals surface area contributed by atoms with E-state index in [2.05, 4.69) is 0 Å². The van der Waals surface area contributed by atoms with Gasteiger partial charge in [-0.05, 0) is 49.2 Å². The fourth-order valence-electron chi connectivity index (χ4n) is 3.87. The van der Waals surface area contributed by atoms with E-state index in [4.69, 9.17) is 27.9 Å². The number of aryl methyl sites for hydroxylation is 1. The summed E-state index contributed by atoms with van der Waals surface area (Å²) >= 11 is 12.6. The number of carbonyl (C=O) groups is 1. The van der Waals surface area contributed by atoms with E-state index in [-0.39, 0.29) is 11.3 Å². The first-order valence-corrected chi connectivity index (χ1v) is 12.2. The summed E-state index contributed by atoms with van der Waals surface area (Å²) in [5, 5.41) is 0.716. The zero-order valence-electron chi connectivity index (χ0n) is 17.5. The molecule has 0 N–H and O–H groups in total. The Morgan fingerprint density at radius 1 is 1.00 bits per heavy atom. The van der Waals surface area contributed by atoms with Gasteiger partial charge in [0.25, 0.3) is 15.9 Å². The Balaban J connectivity index is 1.93. The molecular weight excluding hydrogens is 469 g/mol. The van der Waals surface area contributed by atoms with E-state index in [0.29, 0.717) is 21.2 Å². The molecule has 1 fully saturated rings. The first-order valence-electron chi connectivity index (χ1n) is 10.0. The van der Waals surface area contributed by atoms with Gasteiger partial charge >= 0.3 is 0 Å². The fourth-order valence-corrected chi connectivity index (χ4v) is 5.77. The molecule has 0 spiro atoms. The van der Waals surface area contributed by atoms with Gasteiger partial charge in [-0.1, -0.05) is 78.2 Å². The molecule has 0 aliphatic carbocycles. The second kappa shape index (κ2) is 8.52. The number of nitrogens with zero attached hydrogens (tertiary/aromatic N) is 1. The first-order chi connectivity index (χ1) is 15.2. The van der Waals surface area contributed by atoms with Gasteiger partial charge < -0.3 is 4.74 Å². The molecule has 1 heterocycles. The van der Waals surface area contributed by atoms with Crippen LogP contribution in [0.15, 0.2) is 77.7 Å². The molecule has 2 atom stereocenters. The molecule has 4 rings (SSSR count). The molecule has 5 nitrogen and oxygen atoms in total. The number of ether oxygens (including phenoxy) is 1. The summed E-state index contributed by atoms with van der Waals surface area (Å²) in [7, 11) is -4.25. The average Bonchev–Trinajstić information content (AvgIpc) is 3.08. The molecule has 1 amide bonds. The minimum atomic E-state index is -4.25. The quantitative estimate of drug-likeness (QED) is 0.450. The number of amides is 1. The Morgan fingerprint density at radius 3 is 2.31 bits per heavy atom. The number of hydrogen-bond acceptors (Lipinski definition) is 4. The maximum absolute atomic E-state index is 13.9. The lowest BCUT2D eigenvalue weighted by molar-refractivity contribution is -0.137. The van der Waals surface area contributed by atoms with Gasteiger partial charge in [-0.3, -0.25) is 4.79 Å². The standard InChI is InChI=1S/C24H21Cl2NO4S/c1-3-24(17-7-6-8-18(25)15-17)23(28)27(22(31-24)20-9-4-5-10-21(20)26)32(29,30)19-13-11-16(2)12-14-19/h4-15,22H,3H2,1-2H3/t22-,24+/m1/s1. The third-order valence-corrected chi connectivity index (χ3v) is 7.93. The van der Waals surface area contributed by atoms with Crippen molar-refractivity contribution in [1.29, 1.82) is 0 Å². The van der Waals surface area contributed by atoms with Gasteiger partial charge in [0.1, 0.15) is 0 Å². The Kier molecular flexibility index (Phi) is 6.07. The molecule has 1 saturated heterocycles. The highest BCUT2D eigenvalue weighted by molar-refractivity contribution is 7.89. The Hall–Kier alpha value is -2.38. The predicted octanol–water partition coefficient (Wildman–Crippen LogP) is 5.85. The smallest absolute Gasteiger partial charge is 0.275 e. The van der Waals surface area contributed by atoms with Crippen LogP contribution in [-0.2, 0) is 25.2 Å². The number of hydrogen-bond donors (Lipinski definition) is 0. The van der Waals surface area contributed by atoms with Crippen LogP contribution < -0.4 is 0 Å². The molecule has 0 saturated carbocycles. The van der Waals surface area contributed by atoms with E-state index < -0.39 is 27.8 Å². The molecule has 8 heteroatoms. The van der Waals surface area contributed by atoms with E-state index in [1.165, 1.54) is 12.1 Å². The second-order valence-electron chi connectivity index (χ2n) is 7.60. The minimum absolute atomic E-state index is 0.00454. The van der Waals surface area contributed by atoms with Crippen molar-refractivity contribution in [2.45, 2.75) is 37.0 Å². The summed E-state index contributed by atoms with van der Waals surface area (Å²) in [6.45, 7) is 3.62. The average molecular weight is 490 g/mol.